The highest BCUT2D eigenvalue weighted by molar-refractivity contribution is 7.98. The summed E-state index contributed by atoms with van der Waals surface area (Å²) in [6.07, 6.45) is 1.76. The van der Waals surface area contributed by atoms with E-state index in [0.717, 1.165) is 5.56 Å². The summed E-state index contributed by atoms with van der Waals surface area (Å²) in [6, 6.07) is 5.29. The Hall–Kier alpha value is -2.19. The summed E-state index contributed by atoms with van der Waals surface area (Å²) in [6.45, 7) is 3.87. The van der Waals surface area contributed by atoms with Crippen LogP contribution < -0.4 is 5.32 Å². The molecule has 1 amide bonds. The largest absolute Gasteiger partial charge is 0.467 e. The quantitative estimate of drug-likeness (QED) is 0.392. The van der Waals surface area contributed by atoms with Crippen LogP contribution in [0.25, 0.3) is 0 Å². The second-order valence-corrected chi connectivity index (χ2v) is 7.79. The summed E-state index contributed by atoms with van der Waals surface area (Å²) in [5.41, 5.74) is 0.870. The van der Waals surface area contributed by atoms with Crippen molar-refractivity contribution in [2.45, 2.75) is 37.2 Å². The van der Waals surface area contributed by atoms with E-state index in [0.29, 0.717) is 17.3 Å². The summed E-state index contributed by atoms with van der Waals surface area (Å²) in [4.78, 5) is 32.8. The summed E-state index contributed by atoms with van der Waals surface area (Å²) in [5.74, 6) is -0.740. The number of rotatable bonds is 8. The Morgan fingerprint density at radius 1 is 1.29 bits per heavy atom. The number of ether oxygens (including phenoxy) is 1. The Bertz CT molecular complexity index is 834. The molecular formula is C19H21ClFN3O3S. The molecule has 0 aliphatic carbocycles. The molecule has 2 aromatic rings. The molecule has 1 N–H and O–H groups in total. The summed E-state index contributed by atoms with van der Waals surface area (Å²) >= 11 is 7.36. The van der Waals surface area contributed by atoms with Crippen molar-refractivity contribution < 1.29 is 18.7 Å². The Morgan fingerprint density at radius 2 is 1.96 bits per heavy atom. The Kier molecular flexibility index (Phi) is 8.19. The minimum absolute atomic E-state index is 0.0177. The van der Waals surface area contributed by atoms with Gasteiger partial charge in [-0.25, -0.2) is 19.2 Å². The van der Waals surface area contributed by atoms with Crippen LogP contribution in [0.2, 0.25) is 5.02 Å². The number of amides is 1. The lowest BCUT2D eigenvalue weighted by atomic mass is 10.0. The van der Waals surface area contributed by atoms with Crippen molar-refractivity contribution in [2.24, 2.45) is 5.92 Å². The van der Waals surface area contributed by atoms with Gasteiger partial charge in [0.05, 0.1) is 18.3 Å². The van der Waals surface area contributed by atoms with E-state index < -0.39 is 17.9 Å². The fourth-order valence-electron chi connectivity index (χ4n) is 2.36. The molecule has 1 atom stereocenters. The smallest absolute Gasteiger partial charge is 0.328 e. The molecule has 1 aromatic heterocycles. The number of benzene rings is 1. The van der Waals surface area contributed by atoms with Crippen LogP contribution in [0.4, 0.5) is 4.39 Å². The number of hydrogen-bond acceptors (Lipinski definition) is 6. The topological polar surface area (TPSA) is 81.2 Å². The van der Waals surface area contributed by atoms with Gasteiger partial charge in [0, 0.05) is 5.75 Å². The summed E-state index contributed by atoms with van der Waals surface area (Å²) in [7, 11) is 1.27. The molecule has 150 valence electrons. The SMILES string of the molecule is COC(=O)[C@H](CC(C)C)NC(=O)c1nc(SCc2ccc(F)cc2)ncc1Cl. The molecular weight excluding hydrogens is 405 g/mol. The van der Waals surface area contributed by atoms with Gasteiger partial charge in [0.1, 0.15) is 11.9 Å². The van der Waals surface area contributed by atoms with E-state index in [9.17, 15) is 14.0 Å². The van der Waals surface area contributed by atoms with Gasteiger partial charge in [0.2, 0.25) is 0 Å². The molecule has 0 spiro atoms. The van der Waals surface area contributed by atoms with Crippen LogP contribution in [-0.4, -0.2) is 35.0 Å². The molecule has 9 heteroatoms. The van der Waals surface area contributed by atoms with E-state index in [1.165, 1.54) is 37.2 Å². The van der Waals surface area contributed by atoms with Gasteiger partial charge in [-0.1, -0.05) is 49.3 Å². The highest BCUT2D eigenvalue weighted by Crippen LogP contribution is 2.22. The predicted octanol–water partition coefficient (Wildman–Crippen LogP) is 3.88. The van der Waals surface area contributed by atoms with Gasteiger partial charge in [0.15, 0.2) is 10.9 Å². The molecule has 0 aliphatic rings. The predicted molar refractivity (Wildman–Crippen MR) is 106 cm³/mol. The van der Waals surface area contributed by atoms with E-state index in [1.807, 2.05) is 13.8 Å². The molecule has 28 heavy (non-hydrogen) atoms. The van der Waals surface area contributed by atoms with Crippen molar-refractivity contribution >= 4 is 35.2 Å². The average molecular weight is 426 g/mol. The lowest BCUT2D eigenvalue weighted by Crippen LogP contribution is -2.42. The lowest BCUT2D eigenvalue weighted by Gasteiger charge is -2.18. The zero-order valence-electron chi connectivity index (χ0n) is 15.7. The zero-order valence-corrected chi connectivity index (χ0v) is 17.3. The van der Waals surface area contributed by atoms with Crippen molar-refractivity contribution in [3.63, 3.8) is 0 Å². The Labute approximate surface area is 172 Å². The Balaban J connectivity index is 2.11. The number of thioether (sulfide) groups is 1. The minimum Gasteiger partial charge on any atom is -0.467 e. The first kappa shape index (κ1) is 22.1. The van der Waals surface area contributed by atoms with Crippen LogP contribution in [0, 0.1) is 11.7 Å². The third kappa shape index (κ3) is 6.45. The molecule has 0 unspecified atom stereocenters. The first-order chi connectivity index (χ1) is 13.3. The molecule has 0 fully saturated rings. The van der Waals surface area contributed by atoms with Gasteiger partial charge in [-0.2, -0.15) is 0 Å². The van der Waals surface area contributed by atoms with Gasteiger partial charge in [-0.15, -0.1) is 0 Å². The molecule has 1 aromatic carbocycles. The standard InChI is InChI=1S/C19H21ClFN3O3S/c1-11(2)8-15(18(26)27-3)23-17(25)16-14(20)9-22-19(24-16)28-10-12-4-6-13(21)7-5-12/h4-7,9,11,15H,8,10H2,1-3H3,(H,23,25)/t15-/m0/s1. The molecule has 0 radical (unpaired) electrons. The number of esters is 1. The van der Waals surface area contributed by atoms with Crippen LogP contribution >= 0.6 is 23.4 Å². The summed E-state index contributed by atoms with van der Waals surface area (Å²) in [5, 5.41) is 3.05. The molecule has 0 saturated heterocycles. The number of nitrogens with zero attached hydrogens (tertiary/aromatic N) is 2. The molecule has 2 rings (SSSR count). The minimum atomic E-state index is -0.793. The van der Waals surface area contributed by atoms with Crippen LogP contribution in [0.1, 0.15) is 36.3 Å². The number of aromatic nitrogens is 2. The van der Waals surface area contributed by atoms with Crippen LogP contribution in [0.3, 0.4) is 0 Å². The van der Waals surface area contributed by atoms with Crippen LogP contribution in [0.15, 0.2) is 35.6 Å². The highest BCUT2D eigenvalue weighted by atomic mass is 35.5. The average Bonchev–Trinajstić information content (AvgIpc) is 2.67. The van der Waals surface area contributed by atoms with Gasteiger partial charge in [-0.05, 0) is 30.0 Å². The third-order valence-electron chi connectivity index (χ3n) is 3.72. The normalized spacial score (nSPS) is 11.9. The molecule has 0 bridgehead atoms. The first-order valence-corrected chi connectivity index (χ1v) is 9.95. The summed E-state index contributed by atoms with van der Waals surface area (Å²) < 4.78 is 17.7. The maximum atomic E-state index is 13.0. The van der Waals surface area contributed by atoms with Crippen molar-refractivity contribution in [2.75, 3.05) is 7.11 Å². The molecule has 6 nitrogen and oxygen atoms in total. The van der Waals surface area contributed by atoms with Crippen molar-refractivity contribution in [3.05, 3.63) is 52.6 Å². The number of hydrogen-bond donors (Lipinski definition) is 1. The number of nitrogens with one attached hydrogen (secondary N) is 1. The lowest BCUT2D eigenvalue weighted by molar-refractivity contribution is -0.143. The van der Waals surface area contributed by atoms with Gasteiger partial charge < -0.3 is 10.1 Å². The van der Waals surface area contributed by atoms with Crippen LogP contribution in [-0.2, 0) is 15.3 Å². The number of carbonyl (C=O) groups excluding carboxylic acids is 2. The van der Waals surface area contributed by atoms with Crippen molar-refractivity contribution in [1.29, 1.82) is 0 Å². The van der Waals surface area contributed by atoms with Gasteiger partial charge in [0.25, 0.3) is 5.91 Å². The molecule has 0 saturated carbocycles. The second-order valence-electron chi connectivity index (χ2n) is 6.44. The van der Waals surface area contributed by atoms with Crippen LogP contribution in [0.5, 0.6) is 0 Å². The maximum Gasteiger partial charge on any atom is 0.328 e. The van der Waals surface area contributed by atoms with Crippen molar-refractivity contribution in [1.82, 2.24) is 15.3 Å². The number of halogens is 2. The van der Waals surface area contributed by atoms with E-state index in [1.54, 1.807) is 12.1 Å². The fourth-order valence-corrected chi connectivity index (χ4v) is 3.31. The number of carbonyl (C=O) groups is 2. The van der Waals surface area contributed by atoms with E-state index in [-0.39, 0.29) is 22.5 Å². The second kappa shape index (κ2) is 10.4. The van der Waals surface area contributed by atoms with E-state index >= 15 is 0 Å². The third-order valence-corrected chi connectivity index (χ3v) is 4.93. The monoisotopic (exact) mass is 425 g/mol. The molecule has 0 aliphatic heterocycles. The maximum absolute atomic E-state index is 13.0. The van der Waals surface area contributed by atoms with E-state index in [4.69, 9.17) is 16.3 Å². The first-order valence-electron chi connectivity index (χ1n) is 8.58. The van der Waals surface area contributed by atoms with Crippen molar-refractivity contribution in [3.8, 4) is 0 Å². The highest BCUT2D eigenvalue weighted by Gasteiger charge is 2.25. The number of methoxy groups -OCH3 is 1. The van der Waals surface area contributed by atoms with E-state index in [2.05, 4.69) is 15.3 Å². The van der Waals surface area contributed by atoms with Gasteiger partial charge >= 0.3 is 5.97 Å². The Morgan fingerprint density at radius 3 is 2.57 bits per heavy atom. The zero-order chi connectivity index (χ0) is 20.7. The molecule has 1 heterocycles. The fraction of sp³-hybridized carbons (Fsp3) is 0.368. The van der Waals surface area contributed by atoms with Gasteiger partial charge in [-0.3, -0.25) is 4.79 Å².